The maximum absolute atomic E-state index is 12.4. The fraction of sp³-hybridized carbons (Fsp3) is 0.400. The summed E-state index contributed by atoms with van der Waals surface area (Å²) in [4.78, 5) is 49.7. The normalized spacial score (nSPS) is 20.7. The van der Waals surface area contributed by atoms with Gasteiger partial charge in [-0.3, -0.25) is 29.4 Å². The largest absolute Gasteiger partial charge is 0.454 e. The molecule has 1 aliphatic heterocycles. The Hall–Kier alpha value is -3.56. The summed E-state index contributed by atoms with van der Waals surface area (Å²) >= 11 is 0. The second-order valence-electron chi connectivity index (χ2n) is 7.25. The Bertz CT molecular complexity index is 949. The van der Waals surface area contributed by atoms with Crippen LogP contribution in [0.25, 0.3) is 11.5 Å². The van der Waals surface area contributed by atoms with Crippen LogP contribution in [0.15, 0.2) is 34.7 Å². The summed E-state index contributed by atoms with van der Waals surface area (Å²) in [7, 11) is 0. The predicted octanol–water partition coefficient (Wildman–Crippen LogP) is 1.39. The number of likely N-dealkylation sites (tertiary alicyclic amines) is 1. The molecule has 156 valence electrons. The zero-order valence-electron chi connectivity index (χ0n) is 16.1. The molecule has 2 atom stereocenters. The number of hydrogen-bond acceptors (Lipinski definition) is 8. The van der Waals surface area contributed by atoms with Gasteiger partial charge in [-0.1, -0.05) is 36.1 Å². The molecular formula is C20H20N4O6. The number of hydrogen-bond donors (Lipinski definition) is 1. The summed E-state index contributed by atoms with van der Waals surface area (Å²) in [5.41, 5.74) is 0.692. The molecule has 1 aromatic carbocycles. The second kappa shape index (κ2) is 8.44. The molecule has 2 aromatic rings. The highest BCUT2D eigenvalue weighted by Gasteiger charge is 2.48. The first kappa shape index (κ1) is 19.7. The third-order valence-corrected chi connectivity index (χ3v) is 5.28. The van der Waals surface area contributed by atoms with Crippen molar-refractivity contribution < 1.29 is 28.3 Å². The van der Waals surface area contributed by atoms with Crippen molar-refractivity contribution in [3.63, 3.8) is 0 Å². The summed E-state index contributed by atoms with van der Waals surface area (Å²) < 4.78 is 10.2. The molecular weight excluding hydrogens is 392 g/mol. The van der Waals surface area contributed by atoms with Crippen molar-refractivity contribution in [3.8, 4) is 11.5 Å². The van der Waals surface area contributed by atoms with Gasteiger partial charge in [0.15, 0.2) is 6.61 Å². The zero-order chi connectivity index (χ0) is 21.1. The van der Waals surface area contributed by atoms with Gasteiger partial charge in [0.1, 0.15) is 6.54 Å². The first-order valence-electron chi connectivity index (χ1n) is 9.72. The van der Waals surface area contributed by atoms with Crippen molar-refractivity contribution in [1.82, 2.24) is 15.1 Å². The molecule has 1 aromatic heterocycles. The quantitative estimate of drug-likeness (QED) is 0.556. The summed E-state index contributed by atoms with van der Waals surface area (Å²) in [5, 5.41) is 9.89. The number of aromatic nitrogens is 2. The van der Waals surface area contributed by atoms with E-state index in [2.05, 4.69) is 15.5 Å². The van der Waals surface area contributed by atoms with E-state index in [1.165, 1.54) is 0 Å². The first-order chi connectivity index (χ1) is 14.5. The molecule has 2 heterocycles. The van der Waals surface area contributed by atoms with Crippen LogP contribution in [0.2, 0.25) is 0 Å². The van der Waals surface area contributed by atoms with Crippen LogP contribution < -0.4 is 5.32 Å². The topological polar surface area (TPSA) is 132 Å². The molecule has 1 saturated carbocycles. The predicted molar refractivity (Wildman–Crippen MR) is 101 cm³/mol. The highest BCUT2D eigenvalue weighted by atomic mass is 16.5. The lowest BCUT2D eigenvalue weighted by atomic mass is 9.81. The minimum absolute atomic E-state index is 0.135. The SMILES string of the molecule is O=C(COC(=O)CN1C(=O)[C@@H]2CCCC[C@H]2C1=O)Nc1nnc(-c2ccccc2)o1. The molecule has 0 bridgehead atoms. The van der Waals surface area contributed by atoms with Crippen molar-refractivity contribution in [2.75, 3.05) is 18.5 Å². The van der Waals surface area contributed by atoms with Crippen molar-refractivity contribution in [2.24, 2.45) is 11.8 Å². The van der Waals surface area contributed by atoms with Crippen molar-refractivity contribution >= 4 is 29.7 Å². The van der Waals surface area contributed by atoms with Gasteiger partial charge in [-0.25, -0.2) is 0 Å². The number of nitrogens with one attached hydrogen (secondary N) is 1. The lowest BCUT2D eigenvalue weighted by Gasteiger charge is -2.19. The number of anilines is 1. The molecule has 0 radical (unpaired) electrons. The van der Waals surface area contributed by atoms with Gasteiger partial charge in [-0.05, 0) is 25.0 Å². The average molecular weight is 412 g/mol. The molecule has 2 fully saturated rings. The van der Waals surface area contributed by atoms with Gasteiger partial charge in [-0.2, -0.15) is 0 Å². The van der Waals surface area contributed by atoms with Crippen LogP contribution in [0.4, 0.5) is 6.01 Å². The number of rotatable bonds is 6. The molecule has 30 heavy (non-hydrogen) atoms. The van der Waals surface area contributed by atoms with Gasteiger partial charge in [0.05, 0.1) is 11.8 Å². The van der Waals surface area contributed by atoms with E-state index in [0.29, 0.717) is 18.4 Å². The molecule has 10 nitrogen and oxygen atoms in total. The summed E-state index contributed by atoms with van der Waals surface area (Å²) in [5.74, 6) is -2.61. The maximum atomic E-state index is 12.4. The Balaban J connectivity index is 1.26. The average Bonchev–Trinajstić information content (AvgIpc) is 3.32. The van der Waals surface area contributed by atoms with Crippen LogP contribution in [-0.4, -0.2) is 51.9 Å². The van der Waals surface area contributed by atoms with Crippen molar-refractivity contribution in [2.45, 2.75) is 25.7 Å². The smallest absolute Gasteiger partial charge is 0.326 e. The molecule has 0 unspecified atom stereocenters. The lowest BCUT2D eigenvalue weighted by Crippen LogP contribution is -2.37. The van der Waals surface area contributed by atoms with Crippen LogP contribution in [0.3, 0.4) is 0 Å². The number of fused-ring (bicyclic) bond motifs is 1. The molecule has 0 spiro atoms. The number of carbonyl (C=O) groups excluding carboxylic acids is 4. The molecule has 1 saturated heterocycles. The number of nitrogens with zero attached hydrogens (tertiary/aromatic N) is 3. The van der Waals surface area contributed by atoms with E-state index in [1.54, 1.807) is 12.1 Å². The van der Waals surface area contributed by atoms with Crippen LogP contribution >= 0.6 is 0 Å². The van der Waals surface area contributed by atoms with E-state index in [1.807, 2.05) is 18.2 Å². The Morgan fingerprint density at radius 3 is 2.40 bits per heavy atom. The number of benzene rings is 1. The number of imide groups is 1. The minimum atomic E-state index is -0.832. The van der Waals surface area contributed by atoms with Crippen LogP contribution in [0.1, 0.15) is 25.7 Å². The van der Waals surface area contributed by atoms with Crippen LogP contribution in [0, 0.1) is 11.8 Å². The van der Waals surface area contributed by atoms with E-state index in [4.69, 9.17) is 9.15 Å². The van der Waals surface area contributed by atoms with E-state index in [-0.39, 0.29) is 35.6 Å². The Morgan fingerprint density at radius 2 is 1.73 bits per heavy atom. The van der Waals surface area contributed by atoms with E-state index >= 15 is 0 Å². The number of carbonyl (C=O) groups is 4. The van der Waals surface area contributed by atoms with Gasteiger partial charge in [-0.15, -0.1) is 5.10 Å². The van der Waals surface area contributed by atoms with Gasteiger partial charge in [0.2, 0.25) is 17.7 Å². The number of esters is 1. The Kier molecular flexibility index (Phi) is 5.55. The van der Waals surface area contributed by atoms with E-state index < -0.39 is 25.0 Å². The molecule has 1 aliphatic carbocycles. The summed E-state index contributed by atoms with van der Waals surface area (Å²) in [6.07, 6.45) is 3.14. The first-order valence-corrected chi connectivity index (χ1v) is 9.72. The monoisotopic (exact) mass is 412 g/mol. The van der Waals surface area contributed by atoms with Crippen molar-refractivity contribution in [3.05, 3.63) is 30.3 Å². The fourth-order valence-corrected chi connectivity index (χ4v) is 3.83. The number of ether oxygens (including phenoxy) is 1. The van der Waals surface area contributed by atoms with E-state index in [9.17, 15) is 19.2 Å². The van der Waals surface area contributed by atoms with Gasteiger partial charge < -0.3 is 9.15 Å². The molecule has 10 heteroatoms. The summed E-state index contributed by atoms with van der Waals surface area (Å²) in [6, 6.07) is 8.87. The lowest BCUT2D eigenvalue weighted by molar-refractivity contribution is -0.154. The third-order valence-electron chi connectivity index (χ3n) is 5.28. The van der Waals surface area contributed by atoms with E-state index in [0.717, 1.165) is 17.7 Å². The highest BCUT2D eigenvalue weighted by molar-refractivity contribution is 6.07. The van der Waals surface area contributed by atoms with Crippen molar-refractivity contribution in [1.29, 1.82) is 0 Å². The summed E-state index contributed by atoms with van der Waals surface area (Å²) in [6.45, 7) is -1.10. The number of amides is 3. The van der Waals surface area contributed by atoms with Crippen LogP contribution in [0.5, 0.6) is 0 Å². The van der Waals surface area contributed by atoms with Gasteiger partial charge in [0, 0.05) is 5.56 Å². The molecule has 2 aliphatic rings. The molecule has 3 amide bonds. The van der Waals surface area contributed by atoms with Gasteiger partial charge in [0.25, 0.3) is 5.91 Å². The maximum Gasteiger partial charge on any atom is 0.326 e. The third kappa shape index (κ3) is 4.07. The highest BCUT2D eigenvalue weighted by Crippen LogP contribution is 2.37. The zero-order valence-corrected chi connectivity index (χ0v) is 16.1. The fourth-order valence-electron chi connectivity index (χ4n) is 3.83. The minimum Gasteiger partial charge on any atom is -0.454 e. The molecule has 1 N–H and O–H groups in total. The second-order valence-corrected chi connectivity index (χ2v) is 7.25. The van der Waals surface area contributed by atoms with Crippen LogP contribution in [-0.2, 0) is 23.9 Å². The Morgan fingerprint density at radius 1 is 1.07 bits per heavy atom. The van der Waals surface area contributed by atoms with Gasteiger partial charge >= 0.3 is 12.0 Å². The Labute approximate surface area is 171 Å². The molecule has 4 rings (SSSR count). The standard InChI is InChI=1S/C20H20N4O6/c25-15(21-20-23-22-17(30-20)12-6-2-1-3-7-12)11-29-16(26)10-24-18(27)13-8-4-5-9-14(13)19(24)28/h1-3,6-7,13-14H,4-5,8-11H2,(H,21,23,25)/t13-,14-/m1/s1.